The Kier molecular flexibility index (Phi) is 5.50. The summed E-state index contributed by atoms with van der Waals surface area (Å²) in [4.78, 5) is 28.4. The molecule has 2 heterocycles. The molecule has 0 saturated heterocycles. The van der Waals surface area contributed by atoms with Crippen LogP contribution in [0.3, 0.4) is 0 Å². The van der Waals surface area contributed by atoms with Gasteiger partial charge in [0.15, 0.2) is 0 Å². The summed E-state index contributed by atoms with van der Waals surface area (Å²) in [5, 5.41) is 5.05. The number of thiophene rings is 1. The number of amides is 2. The van der Waals surface area contributed by atoms with E-state index in [4.69, 9.17) is 0 Å². The van der Waals surface area contributed by atoms with E-state index in [1.165, 1.54) is 33.9 Å². The molecule has 0 radical (unpaired) electrons. The third kappa shape index (κ3) is 4.30. The monoisotopic (exact) mass is 434 g/mol. The summed E-state index contributed by atoms with van der Waals surface area (Å²) in [6.07, 6.45) is 0. The van der Waals surface area contributed by atoms with Crippen molar-refractivity contribution >= 4 is 34.4 Å². The second-order valence-electron chi connectivity index (χ2n) is 8.50. The number of carbonyl (C=O) groups excluding carboxylic acids is 2. The Morgan fingerprint density at radius 1 is 0.935 bits per heavy atom. The lowest BCUT2D eigenvalue weighted by Gasteiger charge is -2.19. The van der Waals surface area contributed by atoms with Crippen LogP contribution in [0.15, 0.2) is 71.7 Å². The van der Waals surface area contributed by atoms with Crippen molar-refractivity contribution in [1.82, 2.24) is 4.90 Å². The van der Waals surface area contributed by atoms with Crippen LogP contribution in [0.4, 0.5) is 10.1 Å². The van der Waals surface area contributed by atoms with Gasteiger partial charge >= 0.3 is 0 Å². The van der Waals surface area contributed by atoms with Crippen molar-refractivity contribution in [2.24, 2.45) is 0 Å². The molecule has 3 aromatic rings. The first-order valence-corrected chi connectivity index (χ1v) is 10.9. The van der Waals surface area contributed by atoms with Gasteiger partial charge in [0.05, 0.1) is 12.1 Å². The van der Waals surface area contributed by atoms with Crippen molar-refractivity contribution in [3.8, 4) is 0 Å². The fourth-order valence-corrected chi connectivity index (χ4v) is 4.22. The number of rotatable bonds is 5. The van der Waals surface area contributed by atoms with Crippen LogP contribution in [0, 0.1) is 5.82 Å². The number of nitrogens with one attached hydrogen (secondary N) is 1. The standard InChI is InChI=1S/C25H23FN2O2S/c1-25(2,3)17-8-12-19(13-9-17)27-22-21(20-5-4-14-31-20)23(29)28(24(22)30)15-16-6-10-18(26)11-7-16/h4-14,27H,15H2,1-3H3. The minimum absolute atomic E-state index is 0.0189. The molecule has 0 atom stereocenters. The van der Waals surface area contributed by atoms with Crippen LogP contribution in [-0.4, -0.2) is 16.7 Å². The van der Waals surface area contributed by atoms with Gasteiger partial charge in [-0.25, -0.2) is 4.39 Å². The molecule has 0 saturated carbocycles. The average Bonchev–Trinajstić information content (AvgIpc) is 3.33. The number of hydrogen-bond acceptors (Lipinski definition) is 4. The minimum atomic E-state index is -0.391. The normalized spacial score (nSPS) is 14.5. The maximum atomic E-state index is 13.2. The second kappa shape index (κ2) is 8.12. The molecule has 2 amide bonds. The zero-order valence-electron chi connectivity index (χ0n) is 17.6. The molecular weight excluding hydrogens is 411 g/mol. The molecule has 0 fully saturated rings. The number of benzene rings is 2. The first-order valence-electron chi connectivity index (χ1n) is 10.0. The van der Waals surface area contributed by atoms with Gasteiger partial charge in [-0.15, -0.1) is 11.3 Å². The Bertz CT molecular complexity index is 1140. The zero-order chi connectivity index (χ0) is 22.2. The van der Waals surface area contributed by atoms with Gasteiger partial charge in [-0.05, 0) is 52.3 Å². The Hall–Kier alpha value is -3.25. The van der Waals surface area contributed by atoms with Crippen LogP contribution in [0.25, 0.3) is 5.57 Å². The summed E-state index contributed by atoms with van der Waals surface area (Å²) in [5.41, 5.74) is 3.24. The summed E-state index contributed by atoms with van der Waals surface area (Å²) >= 11 is 1.41. The predicted molar refractivity (Wildman–Crippen MR) is 122 cm³/mol. The molecule has 31 heavy (non-hydrogen) atoms. The largest absolute Gasteiger partial charge is 0.350 e. The summed E-state index contributed by atoms with van der Waals surface area (Å²) < 4.78 is 13.2. The highest BCUT2D eigenvalue weighted by molar-refractivity contribution is 7.11. The predicted octanol–water partition coefficient (Wildman–Crippen LogP) is 5.58. The molecule has 4 nitrogen and oxygen atoms in total. The van der Waals surface area contributed by atoms with Gasteiger partial charge in [-0.3, -0.25) is 14.5 Å². The Labute approximate surface area is 185 Å². The number of hydrogen-bond donors (Lipinski definition) is 1. The third-order valence-corrected chi connectivity index (χ3v) is 6.10. The molecule has 1 aliphatic heterocycles. The number of carbonyl (C=O) groups is 2. The molecule has 0 unspecified atom stereocenters. The van der Waals surface area contributed by atoms with Crippen LogP contribution in [-0.2, 0) is 21.5 Å². The Balaban J connectivity index is 1.66. The number of imide groups is 1. The molecular formula is C25H23FN2O2S. The van der Waals surface area contributed by atoms with E-state index in [1.54, 1.807) is 12.1 Å². The molecule has 0 bridgehead atoms. The fraction of sp³-hybridized carbons (Fsp3) is 0.200. The molecule has 0 spiro atoms. The lowest BCUT2D eigenvalue weighted by molar-refractivity contribution is -0.137. The van der Waals surface area contributed by atoms with Gasteiger partial charge in [0.2, 0.25) is 0 Å². The third-order valence-electron chi connectivity index (χ3n) is 5.21. The van der Waals surface area contributed by atoms with E-state index in [0.29, 0.717) is 11.1 Å². The highest BCUT2D eigenvalue weighted by Gasteiger charge is 2.39. The topological polar surface area (TPSA) is 49.4 Å². The number of anilines is 1. The van der Waals surface area contributed by atoms with Crippen LogP contribution in [0.5, 0.6) is 0 Å². The maximum absolute atomic E-state index is 13.2. The van der Waals surface area contributed by atoms with E-state index in [1.807, 2.05) is 41.8 Å². The van der Waals surface area contributed by atoms with E-state index in [0.717, 1.165) is 10.6 Å². The first kappa shape index (κ1) is 21.0. The van der Waals surface area contributed by atoms with Crippen LogP contribution < -0.4 is 5.32 Å². The Morgan fingerprint density at radius 3 is 2.19 bits per heavy atom. The second-order valence-corrected chi connectivity index (χ2v) is 9.45. The van der Waals surface area contributed by atoms with E-state index in [-0.39, 0.29) is 29.4 Å². The van der Waals surface area contributed by atoms with Crippen molar-refractivity contribution in [1.29, 1.82) is 0 Å². The molecule has 4 rings (SSSR count). The highest BCUT2D eigenvalue weighted by Crippen LogP contribution is 2.34. The SMILES string of the molecule is CC(C)(C)c1ccc(NC2=C(c3cccs3)C(=O)N(Cc3ccc(F)cc3)C2=O)cc1. The van der Waals surface area contributed by atoms with E-state index >= 15 is 0 Å². The van der Waals surface area contributed by atoms with Crippen molar-refractivity contribution < 1.29 is 14.0 Å². The van der Waals surface area contributed by atoms with Gasteiger partial charge in [0.25, 0.3) is 11.8 Å². The van der Waals surface area contributed by atoms with E-state index in [9.17, 15) is 14.0 Å². The molecule has 158 valence electrons. The van der Waals surface area contributed by atoms with Crippen LogP contribution in [0.1, 0.15) is 36.8 Å². The quantitative estimate of drug-likeness (QED) is 0.534. The van der Waals surface area contributed by atoms with Gasteiger partial charge in [-0.2, -0.15) is 0 Å². The zero-order valence-corrected chi connectivity index (χ0v) is 18.4. The summed E-state index contributed by atoms with van der Waals surface area (Å²) in [5.74, 6) is -1.11. The number of halogens is 1. The lowest BCUT2D eigenvalue weighted by atomic mass is 9.87. The summed E-state index contributed by atoms with van der Waals surface area (Å²) in [7, 11) is 0. The van der Waals surface area contributed by atoms with Gasteiger partial charge in [0, 0.05) is 10.6 Å². The average molecular weight is 435 g/mol. The van der Waals surface area contributed by atoms with Crippen LogP contribution in [0.2, 0.25) is 0 Å². The fourth-order valence-electron chi connectivity index (χ4n) is 3.46. The molecule has 1 N–H and O–H groups in total. The smallest absolute Gasteiger partial charge is 0.278 e. The maximum Gasteiger partial charge on any atom is 0.278 e. The van der Waals surface area contributed by atoms with E-state index in [2.05, 4.69) is 26.1 Å². The highest BCUT2D eigenvalue weighted by atomic mass is 32.1. The number of nitrogens with zero attached hydrogens (tertiary/aromatic N) is 1. The van der Waals surface area contributed by atoms with Gasteiger partial charge in [-0.1, -0.05) is 51.1 Å². The molecule has 1 aromatic heterocycles. The summed E-state index contributed by atoms with van der Waals surface area (Å²) in [6, 6.07) is 17.4. The van der Waals surface area contributed by atoms with Gasteiger partial charge in [0.1, 0.15) is 11.5 Å². The minimum Gasteiger partial charge on any atom is -0.350 e. The van der Waals surface area contributed by atoms with Crippen molar-refractivity contribution in [3.05, 3.63) is 93.6 Å². The van der Waals surface area contributed by atoms with Crippen molar-refractivity contribution in [3.63, 3.8) is 0 Å². The molecule has 1 aliphatic rings. The molecule has 2 aromatic carbocycles. The molecule has 0 aliphatic carbocycles. The van der Waals surface area contributed by atoms with Gasteiger partial charge < -0.3 is 5.32 Å². The molecule has 6 heteroatoms. The van der Waals surface area contributed by atoms with Crippen LogP contribution >= 0.6 is 11.3 Å². The van der Waals surface area contributed by atoms with Crippen molar-refractivity contribution in [2.45, 2.75) is 32.7 Å². The Morgan fingerprint density at radius 2 is 1.61 bits per heavy atom. The first-order chi connectivity index (χ1) is 14.7. The van der Waals surface area contributed by atoms with Crippen molar-refractivity contribution in [2.75, 3.05) is 5.32 Å². The summed E-state index contributed by atoms with van der Waals surface area (Å²) in [6.45, 7) is 6.50. The van der Waals surface area contributed by atoms with E-state index < -0.39 is 5.91 Å². The lowest BCUT2D eigenvalue weighted by Crippen LogP contribution is -2.31.